The van der Waals surface area contributed by atoms with Crippen LogP contribution in [0.2, 0.25) is 0 Å². The monoisotopic (exact) mass is 392 g/mol. The quantitative estimate of drug-likeness (QED) is 0.395. The summed E-state index contributed by atoms with van der Waals surface area (Å²) in [7, 11) is 0. The second kappa shape index (κ2) is 8.65. The highest BCUT2D eigenvalue weighted by atomic mass is 35.6. The van der Waals surface area contributed by atoms with Gasteiger partial charge in [0.15, 0.2) is 0 Å². The number of hydrogen-bond donors (Lipinski definition) is 0. The van der Waals surface area contributed by atoms with Crippen LogP contribution in [0.15, 0.2) is 0 Å². The number of alkyl halides is 8. The van der Waals surface area contributed by atoms with Crippen LogP contribution in [0.1, 0.15) is 6.92 Å². The SMILES string of the molecule is CC(Cl)Cl.O=C(OC(Cl)(Cl)Cl)OC(Cl)(Cl)Cl. The van der Waals surface area contributed by atoms with Crippen molar-refractivity contribution in [2.75, 3.05) is 0 Å². The molecule has 0 atom stereocenters. The minimum atomic E-state index is -2.24. The summed E-state index contributed by atoms with van der Waals surface area (Å²) in [4.78, 5) is 10.3. The lowest BCUT2D eigenvalue weighted by molar-refractivity contribution is 0.0508. The van der Waals surface area contributed by atoms with Gasteiger partial charge in [0.25, 0.3) is 0 Å². The molecule has 0 aromatic carbocycles. The van der Waals surface area contributed by atoms with Gasteiger partial charge in [0.05, 0.1) is 0 Å². The molecule has 16 heavy (non-hydrogen) atoms. The van der Waals surface area contributed by atoms with Gasteiger partial charge in [0.2, 0.25) is 0 Å². The lowest BCUT2D eigenvalue weighted by atomic mass is 11.0. The van der Waals surface area contributed by atoms with E-state index in [2.05, 4.69) is 9.47 Å². The molecule has 3 nitrogen and oxygen atoms in total. The third kappa shape index (κ3) is 24.7. The summed E-state index contributed by atoms with van der Waals surface area (Å²) in [6.07, 6.45) is -1.41. The first-order valence-corrected chi connectivity index (χ1v) is 6.31. The van der Waals surface area contributed by atoms with Crippen molar-refractivity contribution in [1.29, 1.82) is 0 Å². The summed E-state index contributed by atoms with van der Waals surface area (Å²) in [5.41, 5.74) is 0. The maximum atomic E-state index is 10.5. The molecule has 0 bridgehead atoms. The predicted molar refractivity (Wildman–Crippen MR) is 69.3 cm³/mol. The Morgan fingerprint density at radius 1 is 0.938 bits per heavy atom. The molecular weight excluding hydrogens is 392 g/mol. The Hall–Kier alpha value is 1.59. The number of halogens is 8. The molecule has 0 unspecified atom stereocenters. The largest absolute Gasteiger partial charge is 0.515 e. The number of carbonyl (C=O) groups is 1. The van der Waals surface area contributed by atoms with Gasteiger partial charge < -0.3 is 9.47 Å². The zero-order valence-corrected chi connectivity index (χ0v) is 13.4. The number of ether oxygens (including phenoxy) is 2. The molecule has 0 aromatic rings. The van der Waals surface area contributed by atoms with Gasteiger partial charge in [0.1, 0.15) is 4.84 Å². The van der Waals surface area contributed by atoms with Crippen LogP contribution in [0.3, 0.4) is 0 Å². The first kappa shape index (κ1) is 19.9. The minimum Gasteiger partial charge on any atom is -0.382 e. The van der Waals surface area contributed by atoms with Crippen LogP contribution in [0, 0.1) is 0 Å². The lowest BCUT2D eigenvalue weighted by Crippen LogP contribution is -2.22. The third-order valence-electron chi connectivity index (χ3n) is 0.398. The van der Waals surface area contributed by atoms with E-state index in [9.17, 15) is 4.79 Å². The fourth-order valence-corrected chi connectivity index (χ4v) is 0.588. The van der Waals surface area contributed by atoms with Crippen molar-refractivity contribution in [3.8, 4) is 0 Å². The van der Waals surface area contributed by atoms with E-state index in [0.29, 0.717) is 0 Å². The highest BCUT2D eigenvalue weighted by Gasteiger charge is 2.32. The average Bonchev–Trinajstić information content (AvgIpc) is 1.72. The van der Waals surface area contributed by atoms with Crippen molar-refractivity contribution >= 4 is 99.0 Å². The molecular formula is C5H4Cl8O3. The fourth-order valence-electron chi connectivity index (χ4n) is 0.210. The van der Waals surface area contributed by atoms with Gasteiger partial charge in [-0.2, -0.15) is 0 Å². The molecule has 0 spiro atoms. The Kier molecular flexibility index (Phi) is 10.8. The number of carbonyl (C=O) groups excluding carboxylic acids is 1. The second-order valence-corrected chi connectivity index (χ2v) is 7.75. The Morgan fingerprint density at radius 2 is 1.12 bits per heavy atom. The molecule has 0 amide bonds. The van der Waals surface area contributed by atoms with Crippen molar-refractivity contribution in [2.24, 2.45) is 0 Å². The average molecular weight is 396 g/mol. The van der Waals surface area contributed by atoms with Gasteiger partial charge in [-0.3, -0.25) is 0 Å². The van der Waals surface area contributed by atoms with Gasteiger partial charge in [-0.15, -0.1) is 23.2 Å². The summed E-state index contributed by atoms with van der Waals surface area (Å²) < 4.78 is 3.50. The molecule has 0 N–H and O–H groups in total. The number of rotatable bonds is 0. The summed E-state index contributed by atoms with van der Waals surface area (Å²) >= 11 is 40.3. The maximum absolute atomic E-state index is 10.5. The minimum absolute atomic E-state index is 0.222. The van der Waals surface area contributed by atoms with E-state index in [-0.39, 0.29) is 4.84 Å². The molecule has 0 aliphatic rings. The van der Waals surface area contributed by atoms with Gasteiger partial charge in [-0.1, -0.05) is 0 Å². The van der Waals surface area contributed by atoms with E-state index in [1.54, 1.807) is 6.92 Å². The Morgan fingerprint density at radius 3 is 1.25 bits per heavy atom. The predicted octanol–water partition coefficient (Wildman–Crippen LogP) is 5.61. The van der Waals surface area contributed by atoms with Crippen molar-refractivity contribution in [3.63, 3.8) is 0 Å². The van der Waals surface area contributed by atoms with E-state index in [1.807, 2.05) is 0 Å². The highest BCUT2D eigenvalue weighted by Crippen LogP contribution is 2.32. The Balaban J connectivity index is 0. The van der Waals surface area contributed by atoms with Gasteiger partial charge in [0, 0.05) is 0 Å². The van der Waals surface area contributed by atoms with Crippen molar-refractivity contribution < 1.29 is 14.3 Å². The Labute approximate surface area is 132 Å². The number of hydrogen-bond acceptors (Lipinski definition) is 3. The standard InChI is InChI=1S/C3Cl6O3.C2H4Cl2/c4-2(5,6)11-1(10)12-3(7,8)9;1-2(3)4/h;2H,1H3. The zero-order chi connectivity index (χ0) is 13.6. The second-order valence-electron chi connectivity index (χ2n) is 1.86. The summed E-state index contributed by atoms with van der Waals surface area (Å²) in [6, 6.07) is 0. The molecule has 0 radical (unpaired) electrons. The van der Waals surface area contributed by atoms with Crippen molar-refractivity contribution in [1.82, 2.24) is 0 Å². The first-order valence-electron chi connectivity index (χ1n) is 3.17. The van der Waals surface area contributed by atoms with Crippen LogP contribution in [0.5, 0.6) is 0 Å². The van der Waals surface area contributed by atoms with Gasteiger partial charge in [-0.05, 0) is 76.5 Å². The first-order chi connectivity index (χ1) is 6.83. The molecule has 11 heteroatoms. The summed E-state index contributed by atoms with van der Waals surface area (Å²) in [5, 5.41) is 0. The molecule has 0 rings (SSSR count). The van der Waals surface area contributed by atoms with Crippen LogP contribution in [0.4, 0.5) is 4.79 Å². The molecule has 0 aromatic heterocycles. The van der Waals surface area contributed by atoms with E-state index in [1.165, 1.54) is 0 Å². The zero-order valence-electron chi connectivity index (χ0n) is 7.33. The van der Waals surface area contributed by atoms with Crippen LogP contribution in [0.25, 0.3) is 0 Å². The van der Waals surface area contributed by atoms with Crippen LogP contribution in [-0.2, 0) is 9.47 Å². The smallest absolute Gasteiger partial charge is 0.382 e. The van der Waals surface area contributed by atoms with Crippen molar-refractivity contribution in [2.45, 2.75) is 19.7 Å². The van der Waals surface area contributed by atoms with Crippen LogP contribution < -0.4 is 0 Å². The van der Waals surface area contributed by atoms with Gasteiger partial charge >= 0.3 is 14.1 Å². The summed E-state index contributed by atoms with van der Waals surface area (Å²) in [5.74, 6) is 0. The molecule has 0 saturated carbocycles. The molecule has 0 aliphatic heterocycles. The topological polar surface area (TPSA) is 35.5 Å². The van der Waals surface area contributed by atoms with Crippen molar-refractivity contribution in [3.05, 3.63) is 0 Å². The molecule has 98 valence electrons. The molecule has 0 fully saturated rings. The maximum Gasteiger partial charge on any atom is 0.515 e. The summed E-state index contributed by atoms with van der Waals surface area (Å²) in [6.45, 7) is 1.70. The van der Waals surface area contributed by atoms with E-state index in [4.69, 9.17) is 92.8 Å². The van der Waals surface area contributed by atoms with E-state index in [0.717, 1.165) is 0 Å². The van der Waals surface area contributed by atoms with Crippen LogP contribution in [-0.4, -0.2) is 18.9 Å². The highest BCUT2D eigenvalue weighted by molar-refractivity contribution is 6.67. The van der Waals surface area contributed by atoms with E-state index < -0.39 is 14.1 Å². The third-order valence-corrected chi connectivity index (χ3v) is 0.861. The Bertz CT molecular complexity index is 186. The van der Waals surface area contributed by atoms with Crippen LogP contribution >= 0.6 is 92.8 Å². The fraction of sp³-hybridized carbons (Fsp3) is 0.800. The van der Waals surface area contributed by atoms with E-state index >= 15 is 0 Å². The van der Waals surface area contributed by atoms with Gasteiger partial charge in [-0.25, -0.2) is 4.79 Å². The molecule has 0 aliphatic carbocycles. The molecule has 0 heterocycles. The normalized spacial score (nSPS) is 11.6. The molecule has 0 saturated heterocycles. The lowest BCUT2D eigenvalue weighted by Gasteiger charge is -2.15.